The van der Waals surface area contributed by atoms with Gasteiger partial charge >= 0.3 is 12.0 Å². The van der Waals surface area contributed by atoms with Gasteiger partial charge in [-0.25, -0.2) is 9.59 Å². The molecule has 1 aromatic rings. The van der Waals surface area contributed by atoms with E-state index in [2.05, 4.69) is 16.3 Å². The lowest BCUT2D eigenvalue weighted by molar-refractivity contribution is 0.0526. The zero-order chi connectivity index (χ0) is 19.8. The third-order valence-electron chi connectivity index (χ3n) is 5.44. The number of urea groups is 1. The first-order chi connectivity index (χ1) is 13.7. The van der Waals surface area contributed by atoms with Crippen LogP contribution in [0.1, 0.15) is 49.4 Å². The van der Waals surface area contributed by atoms with Crippen LogP contribution in [-0.2, 0) is 4.74 Å². The number of rotatable bonds is 6. The Morgan fingerprint density at radius 3 is 2.46 bits per heavy atom. The summed E-state index contributed by atoms with van der Waals surface area (Å²) in [4.78, 5) is 28.5. The Balaban J connectivity index is 1.41. The molecule has 1 aliphatic heterocycles. The maximum atomic E-state index is 12.5. The number of hydrogen-bond acceptors (Lipinski definition) is 4. The molecule has 28 heavy (non-hydrogen) atoms. The number of hydrogen-bond donors (Lipinski definition) is 1. The molecule has 1 aliphatic carbocycles. The van der Waals surface area contributed by atoms with Crippen molar-refractivity contribution in [3.05, 3.63) is 41.5 Å². The van der Waals surface area contributed by atoms with E-state index in [1.807, 2.05) is 4.90 Å². The third kappa shape index (κ3) is 5.83. The summed E-state index contributed by atoms with van der Waals surface area (Å²) in [6.45, 7) is 6.54. The Hall–Kier alpha value is -2.34. The van der Waals surface area contributed by atoms with Gasteiger partial charge in [0.1, 0.15) is 0 Å². The van der Waals surface area contributed by atoms with Crippen molar-refractivity contribution in [1.82, 2.24) is 9.80 Å². The summed E-state index contributed by atoms with van der Waals surface area (Å²) in [6, 6.07) is 6.73. The molecule has 2 aliphatic rings. The molecule has 1 fully saturated rings. The summed E-state index contributed by atoms with van der Waals surface area (Å²) >= 11 is 0. The summed E-state index contributed by atoms with van der Waals surface area (Å²) in [5.74, 6) is -0.347. The zero-order valence-corrected chi connectivity index (χ0v) is 16.8. The summed E-state index contributed by atoms with van der Waals surface area (Å²) in [7, 11) is 0. The van der Waals surface area contributed by atoms with E-state index in [4.69, 9.17) is 4.74 Å². The van der Waals surface area contributed by atoms with Crippen molar-refractivity contribution in [3.63, 3.8) is 0 Å². The number of amides is 2. The highest BCUT2D eigenvalue weighted by Gasteiger charge is 2.21. The lowest BCUT2D eigenvalue weighted by Gasteiger charge is -2.35. The van der Waals surface area contributed by atoms with Crippen LogP contribution < -0.4 is 5.32 Å². The van der Waals surface area contributed by atoms with Crippen molar-refractivity contribution in [2.45, 2.75) is 39.0 Å². The number of nitrogens with zero attached hydrogens (tertiary/aromatic N) is 2. The lowest BCUT2D eigenvalue weighted by atomic mass is 9.97. The van der Waals surface area contributed by atoms with E-state index >= 15 is 0 Å². The van der Waals surface area contributed by atoms with E-state index in [9.17, 15) is 9.59 Å². The lowest BCUT2D eigenvalue weighted by Crippen LogP contribution is -2.50. The molecule has 1 aromatic carbocycles. The van der Waals surface area contributed by atoms with Crippen LogP contribution in [0, 0.1) is 0 Å². The van der Waals surface area contributed by atoms with E-state index in [-0.39, 0.29) is 12.0 Å². The van der Waals surface area contributed by atoms with E-state index in [1.165, 1.54) is 32.1 Å². The van der Waals surface area contributed by atoms with Gasteiger partial charge in [-0.1, -0.05) is 11.6 Å². The van der Waals surface area contributed by atoms with Crippen molar-refractivity contribution < 1.29 is 14.3 Å². The van der Waals surface area contributed by atoms with Gasteiger partial charge in [0, 0.05) is 38.4 Å². The highest BCUT2D eigenvalue weighted by atomic mass is 16.5. The van der Waals surface area contributed by atoms with Crippen LogP contribution in [-0.4, -0.2) is 61.1 Å². The maximum Gasteiger partial charge on any atom is 0.338 e. The number of carbonyl (C=O) groups is 2. The van der Waals surface area contributed by atoms with E-state index in [0.29, 0.717) is 17.9 Å². The highest BCUT2D eigenvalue weighted by Crippen LogP contribution is 2.20. The average molecular weight is 386 g/mol. The molecule has 6 nitrogen and oxygen atoms in total. The second-order valence-corrected chi connectivity index (χ2v) is 7.41. The number of carbonyl (C=O) groups excluding carboxylic acids is 2. The van der Waals surface area contributed by atoms with Crippen molar-refractivity contribution in [3.8, 4) is 0 Å². The maximum absolute atomic E-state index is 12.5. The van der Waals surface area contributed by atoms with Gasteiger partial charge in [-0.3, -0.25) is 4.90 Å². The Morgan fingerprint density at radius 2 is 1.82 bits per heavy atom. The van der Waals surface area contributed by atoms with Gasteiger partial charge in [0.15, 0.2) is 0 Å². The quantitative estimate of drug-likeness (QED) is 0.596. The molecular weight excluding hydrogens is 354 g/mol. The van der Waals surface area contributed by atoms with Crippen LogP contribution in [0.4, 0.5) is 10.5 Å². The molecule has 152 valence electrons. The fourth-order valence-electron chi connectivity index (χ4n) is 3.71. The summed E-state index contributed by atoms with van der Waals surface area (Å²) in [5.41, 5.74) is 2.78. The monoisotopic (exact) mass is 385 g/mol. The van der Waals surface area contributed by atoms with Crippen molar-refractivity contribution in [1.29, 1.82) is 0 Å². The van der Waals surface area contributed by atoms with E-state index < -0.39 is 0 Å². The number of benzene rings is 1. The molecule has 0 radical (unpaired) electrons. The van der Waals surface area contributed by atoms with Crippen LogP contribution in [0.15, 0.2) is 35.9 Å². The molecule has 0 atom stereocenters. The van der Waals surface area contributed by atoms with Crippen LogP contribution >= 0.6 is 0 Å². The number of nitrogens with one attached hydrogen (secondary N) is 1. The van der Waals surface area contributed by atoms with Gasteiger partial charge in [-0.2, -0.15) is 0 Å². The molecule has 3 rings (SSSR count). The predicted octanol–water partition coefficient (Wildman–Crippen LogP) is 3.90. The molecule has 1 N–H and O–H groups in total. The molecule has 1 heterocycles. The summed E-state index contributed by atoms with van der Waals surface area (Å²) < 4.78 is 4.97. The molecule has 0 saturated carbocycles. The van der Waals surface area contributed by atoms with Gasteiger partial charge in [-0.05, 0) is 63.3 Å². The molecular formula is C22H31N3O3. The Labute approximate surface area is 167 Å². The molecule has 0 aromatic heterocycles. The van der Waals surface area contributed by atoms with Gasteiger partial charge in [0.25, 0.3) is 0 Å². The van der Waals surface area contributed by atoms with Crippen LogP contribution in [0.25, 0.3) is 0 Å². The minimum Gasteiger partial charge on any atom is -0.462 e. The summed E-state index contributed by atoms with van der Waals surface area (Å²) in [6.07, 6.45) is 8.75. The average Bonchev–Trinajstić information content (AvgIpc) is 2.74. The third-order valence-corrected chi connectivity index (χ3v) is 5.44. The number of anilines is 1. The molecule has 0 bridgehead atoms. The standard InChI is InChI=1S/C22H31N3O3/c1-2-28-21(26)19-8-10-20(11-9-19)23-22(27)25-16-14-24(15-17-25)13-12-18-6-4-3-5-7-18/h6,8-11H,2-5,7,12-17H2,1H3,(H,23,27). The Kier molecular flexibility index (Phi) is 7.48. The van der Waals surface area contributed by atoms with Crippen molar-refractivity contribution in [2.75, 3.05) is 44.6 Å². The first-order valence-corrected chi connectivity index (χ1v) is 10.4. The Morgan fingerprint density at radius 1 is 1.07 bits per heavy atom. The van der Waals surface area contributed by atoms with E-state index in [1.54, 1.807) is 36.8 Å². The largest absolute Gasteiger partial charge is 0.462 e. The highest BCUT2D eigenvalue weighted by molar-refractivity contribution is 5.92. The first kappa shape index (κ1) is 20.4. The fourth-order valence-corrected chi connectivity index (χ4v) is 3.71. The van der Waals surface area contributed by atoms with Gasteiger partial charge in [0.05, 0.1) is 12.2 Å². The van der Waals surface area contributed by atoms with Gasteiger partial charge in [-0.15, -0.1) is 0 Å². The molecule has 0 spiro atoms. The Bertz CT molecular complexity index is 691. The molecule has 6 heteroatoms. The smallest absolute Gasteiger partial charge is 0.338 e. The van der Waals surface area contributed by atoms with Crippen LogP contribution in [0.2, 0.25) is 0 Å². The molecule has 0 unspecified atom stereocenters. The topological polar surface area (TPSA) is 61.9 Å². The second-order valence-electron chi connectivity index (χ2n) is 7.41. The van der Waals surface area contributed by atoms with Crippen LogP contribution in [0.3, 0.4) is 0 Å². The number of allylic oxidation sites excluding steroid dienone is 1. The minimum absolute atomic E-state index is 0.0847. The van der Waals surface area contributed by atoms with Crippen molar-refractivity contribution >= 4 is 17.7 Å². The van der Waals surface area contributed by atoms with E-state index in [0.717, 1.165) is 32.7 Å². The SMILES string of the molecule is CCOC(=O)c1ccc(NC(=O)N2CCN(CCC3=CCCCC3)CC2)cc1. The minimum atomic E-state index is -0.347. The van der Waals surface area contributed by atoms with Crippen molar-refractivity contribution in [2.24, 2.45) is 0 Å². The predicted molar refractivity (Wildman–Crippen MR) is 111 cm³/mol. The number of esters is 1. The number of piperazine rings is 1. The van der Waals surface area contributed by atoms with Gasteiger partial charge in [0.2, 0.25) is 0 Å². The van der Waals surface area contributed by atoms with Gasteiger partial charge < -0.3 is 15.0 Å². The summed E-state index contributed by atoms with van der Waals surface area (Å²) in [5, 5.41) is 2.92. The second kappa shape index (κ2) is 10.3. The zero-order valence-electron chi connectivity index (χ0n) is 16.8. The normalized spacial score (nSPS) is 17.8. The first-order valence-electron chi connectivity index (χ1n) is 10.4. The number of ether oxygens (including phenoxy) is 1. The van der Waals surface area contributed by atoms with Crippen LogP contribution in [0.5, 0.6) is 0 Å². The molecule has 1 saturated heterocycles. The fraction of sp³-hybridized carbons (Fsp3) is 0.545. The molecule has 2 amide bonds.